The highest BCUT2D eigenvalue weighted by Crippen LogP contribution is 2.41. The Balaban J connectivity index is 1.35. The number of amides is 2. The van der Waals surface area contributed by atoms with Gasteiger partial charge in [0.1, 0.15) is 43.3 Å². The van der Waals surface area contributed by atoms with E-state index in [4.69, 9.17) is 43.0 Å². The Morgan fingerprint density at radius 1 is 0.812 bits per heavy atom. The van der Waals surface area contributed by atoms with Crippen molar-refractivity contribution >= 4 is 35.9 Å². The van der Waals surface area contributed by atoms with Crippen LogP contribution in [0.2, 0.25) is 0 Å². The van der Waals surface area contributed by atoms with Gasteiger partial charge in [-0.05, 0) is 25.3 Å². The van der Waals surface area contributed by atoms with Crippen LogP contribution in [0, 0.1) is 0 Å². The summed E-state index contributed by atoms with van der Waals surface area (Å²) in [6.45, 7) is 7.20. The van der Waals surface area contributed by atoms with Crippen LogP contribution >= 0.6 is 0 Å². The van der Waals surface area contributed by atoms with Crippen molar-refractivity contribution in [3.05, 3.63) is 59.7 Å². The molecule has 64 heavy (non-hydrogen) atoms. The lowest BCUT2D eigenvalue weighted by molar-refractivity contribution is -0.226. The fraction of sp³-hybridized carbons (Fsp3) is 0.545. The Labute approximate surface area is 371 Å². The maximum Gasteiger partial charge on any atom is 0.407 e. The molecule has 20 heteroatoms. The molecule has 2 unspecified atom stereocenters. The predicted molar refractivity (Wildman–Crippen MR) is 226 cm³/mol. The van der Waals surface area contributed by atoms with Crippen LogP contribution in [0.15, 0.2) is 48.5 Å². The largest absolute Gasteiger partial charge is 0.481 e. The molecule has 1 aromatic heterocycles. The topological polar surface area (TPSA) is 251 Å². The van der Waals surface area contributed by atoms with Crippen molar-refractivity contribution in [2.45, 2.75) is 104 Å². The first-order valence-electron chi connectivity index (χ1n) is 21.1. The van der Waals surface area contributed by atoms with Gasteiger partial charge >= 0.3 is 30.0 Å². The molecule has 2 amide bonds. The molecule has 1 aliphatic rings. The van der Waals surface area contributed by atoms with Gasteiger partial charge in [-0.15, -0.1) is 5.10 Å². The molecule has 0 aliphatic heterocycles. The molecule has 0 bridgehead atoms. The van der Waals surface area contributed by atoms with E-state index in [1.165, 1.54) is 27.7 Å². The van der Waals surface area contributed by atoms with E-state index < -0.39 is 66.5 Å². The molecule has 2 aromatic carbocycles. The summed E-state index contributed by atoms with van der Waals surface area (Å²) < 4.78 is 47.0. The standard InChI is InChI=1S/C44H59N5O15/c1-28(62-32(5)53)39(27-61-31(4)52)63-43(37(46-29(2)50)26-60-30(3)51)59-24-23-58-22-21-57-20-19-49-42-36-16-11-10-15-35(36)38(64-44(56)45-18-12-6-7-17-40(54)55)25-33-13-8-9-14-34(33)41(42)47-48-49/h8-11,13-16,28,37-39,43H,6-7,12,17-27H2,1-5H3,(H,45,56)(H,46,50)(H,54,55)/t28-,37+,38?,39?,43-/m1/s1. The van der Waals surface area contributed by atoms with Crippen LogP contribution in [0.3, 0.4) is 0 Å². The average Bonchev–Trinajstić information content (AvgIpc) is 3.65. The van der Waals surface area contributed by atoms with Crippen molar-refractivity contribution in [1.29, 1.82) is 0 Å². The van der Waals surface area contributed by atoms with Gasteiger partial charge in [-0.1, -0.05) is 60.2 Å². The number of benzene rings is 2. The lowest BCUT2D eigenvalue weighted by Crippen LogP contribution is -2.51. The zero-order valence-corrected chi connectivity index (χ0v) is 36.9. The van der Waals surface area contributed by atoms with Gasteiger partial charge in [-0.2, -0.15) is 0 Å². The van der Waals surface area contributed by atoms with E-state index in [9.17, 15) is 28.8 Å². The van der Waals surface area contributed by atoms with Crippen molar-refractivity contribution in [1.82, 2.24) is 25.6 Å². The SMILES string of the molecule is CC(=O)N[C@@H](COC(C)=O)[C@H](OCCOCCOCCn1nnc2c1-c1ccccc1C(OC(=O)NCCCCCC(=O)O)Cc1ccccc1-2)OC(COC(C)=O)[C@@H](C)OC(C)=O. The van der Waals surface area contributed by atoms with Crippen molar-refractivity contribution in [3.63, 3.8) is 0 Å². The van der Waals surface area contributed by atoms with Crippen molar-refractivity contribution in [2.75, 3.05) is 52.8 Å². The Hall–Kier alpha value is -5.96. The first-order valence-corrected chi connectivity index (χ1v) is 21.1. The third-order valence-corrected chi connectivity index (χ3v) is 9.71. The summed E-state index contributed by atoms with van der Waals surface area (Å²) in [6, 6.07) is 14.4. The van der Waals surface area contributed by atoms with Gasteiger partial charge in [-0.25, -0.2) is 9.48 Å². The number of nitrogens with zero attached hydrogens (tertiary/aromatic N) is 3. The number of ether oxygens (including phenoxy) is 8. The zero-order valence-electron chi connectivity index (χ0n) is 36.9. The van der Waals surface area contributed by atoms with Crippen LogP contribution in [-0.4, -0.2) is 133 Å². The molecule has 0 saturated carbocycles. The summed E-state index contributed by atoms with van der Waals surface area (Å²) in [6.07, 6.45) is -2.04. The number of aromatic nitrogens is 3. The second-order valence-corrected chi connectivity index (χ2v) is 14.8. The molecule has 3 N–H and O–H groups in total. The van der Waals surface area contributed by atoms with Crippen molar-refractivity contribution in [3.8, 4) is 22.5 Å². The number of nitrogens with one attached hydrogen (secondary N) is 2. The van der Waals surface area contributed by atoms with E-state index >= 15 is 0 Å². The van der Waals surface area contributed by atoms with Crippen molar-refractivity contribution < 1.29 is 71.8 Å². The van der Waals surface area contributed by atoms with Crippen LogP contribution < -0.4 is 10.6 Å². The summed E-state index contributed by atoms with van der Waals surface area (Å²) in [4.78, 5) is 70.9. The molecule has 4 rings (SSSR count). The summed E-state index contributed by atoms with van der Waals surface area (Å²) in [5.74, 6) is -3.10. The second-order valence-electron chi connectivity index (χ2n) is 14.8. The Morgan fingerprint density at radius 2 is 1.48 bits per heavy atom. The minimum Gasteiger partial charge on any atom is -0.481 e. The highest BCUT2D eigenvalue weighted by atomic mass is 16.7. The van der Waals surface area contributed by atoms with Gasteiger partial charge in [0.15, 0.2) is 6.29 Å². The first kappa shape index (κ1) is 50.7. The molecular weight excluding hydrogens is 839 g/mol. The molecule has 1 heterocycles. The molecule has 20 nitrogen and oxygen atoms in total. The van der Waals surface area contributed by atoms with Crippen LogP contribution in [0.1, 0.15) is 77.5 Å². The molecule has 0 saturated heterocycles. The third kappa shape index (κ3) is 17.0. The number of carboxylic acids is 1. The molecule has 3 aromatic rings. The summed E-state index contributed by atoms with van der Waals surface area (Å²) in [5.41, 5.74) is 4.82. The predicted octanol–water partition coefficient (Wildman–Crippen LogP) is 3.92. The van der Waals surface area contributed by atoms with Crippen LogP contribution in [-0.2, 0) is 74.8 Å². The van der Waals surface area contributed by atoms with E-state index in [0.29, 0.717) is 44.5 Å². The summed E-state index contributed by atoms with van der Waals surface area (Å²) in [7, 11) is 0. The number of alkyl carbamates (subject to hydrolysis) is 1. The number of fused-ring (bicyclic) bond motifs is 5. The Bertz CT molecular complexity index is 2010. The molecule has 0 spiro atoms. The summed E-state index contributed by atoms with van der Waals surface area (Å²) >= 11 is 0. The second kappa shape index (κ2) is 26.6. The highest BCUT2D eigenvalue weighted by molar-refractivity contribution is 5.83. The minimum atomic E-state index is -1.26. The fourth-order valence-corrected chi connectivity index (χ4v) is 6.79. The van der Waals surface area contributed by atoms with Gasteiger partial charge in [0.2, 0.25) is 5.91 Å². The van der Waals surface area contributed by atoms with Crippen LogP contribution in [0.4, 0.5) is 4.79 Å². The van der Waals surface area contributed by atoms with E-state index in [0.717, 1.165) is 27.9 Å². The number of aliphatic carboxylic acids is 1. The zero-order chi connectivity index (χ0) is 46.4. The molecule has 350 valence electrons. The number of hydrogen-bond acceptors (Lipinski definition) is 16. The van der Waals surface area contributed by atoms with Gasteiger partial charge in [-0.3, -0.25) is 24.0 Å². The summed E-state index contributed by atoms with van der Waals surface area (Å²) in [5, 5.41) is 23.4. The number of carbonyl (C=O) groups is 6. The van der Waals surface area contributed by atoms with Gasteiger partial charge in [0.05, 0.1) is 45.3 Å². The van der Waals surface area contributed by atoms with E-state index in [1.807, 2.05) is 48.5 Å². The molecule has 5 atom stereocenters. The normalized spacial score (nSPS) is 14.7. The lowest BCUT2D eigenvalue weighted by atomic mass is 9.87. The number of hydrogen-bond donors (Lipinski definition) is 3. The number of esters is 3. The van der Waals surface area contributed by atoms with Gasteiger partial charge in [0, 0.05) is 63.8 Å². The Kier molecular flexibility index (Phi) is 21.1. The molecule has 1 aliphatic carbocycles. The molecule has 0 fully saturated rings. The van der Waals surface area contributed by atoms with Crippen molar-refractivity contribution in [2.24, 2.45) is 0 Å². The third-order valence-electron chi connectivity index (χ3n) is 9.71. The smallest absolute Gasteiger partial charge is 0.407 e. The van der Waals surface area contributed by atoms with E-state index in [1.54, 1.807) is 11.6 Å². The molecule has 0 radical (unpaired) electrons. The van der Waals surface area contributed by atoms with Crippen LogP contribution in [0.25, 0.3) is 22.5 Å². The maximum absolute atomic E-state index is 13.0. The lowest BCUT2D eigenvalue weighted by Gasteiger charge is -2.32. The quantitative estimate of drug-likeness (QED) is 0.0424. The Morgan fingerprint density at radius 3 is 2.19 bits per heavy atom. The fourth-order valence-electron chi connectivity index (χ4n) is 6.79. The number of carbonyl (C=O) groups excluding carboxylic acids is 5. The average molecular weight is 898 g/mol. The van der Waals surface area contributed by atoms with E-state index in [-0.39, 0.29) is 52.7 Å². The minimum absolute atomic E-state index is 0.0456. The van der Waals surface area contributed by atoms with Gasteiger partial charge in [0.25, 0.3) is 0 Å². The monoisotopic (exact) mass is 897 g/mol. The van der Waals surface area contributed by atoms with Crippen LogP contribution in [0.5, 0.6) is 0 Å². The first-order chi connectivity index (χ1) is 30.7. The van der Waals surface area contributed by atoms with E-state index in [2.05, 4.69) is 20.9 Å². The molecular formula is C44H59N5O15. The number of rotatable bonds is 27. The van der Waals surface area contributed by atoms with Gasteiger partial charge < -0.3 is 53.6 Å². The number of unbranched alkanes of at least 4 members (excludes halogenated alkanes) is 2. The maximum atomic E-state index is 13.0. The highest BCUT2D eigenvalue weighted by Gasteiger charge is 2.33. The number of carboxylic acid groups (broad SMARTS) is 1.